The Kier molecular flexibility index (Phi) is 4.73. The van der Waals surface area contributed by atoms with Crippen molar-refractivity contribution < 1.29 is 9.59 Å². The molecule has 0 bridgehead atoms. The van der Waals surface area contributed by atoms with Crippen LogP contribution in [0.4, 0.5) is 5.69 Å². The molecule has 0 saturated carbocycles. The van der Waals surface area contributed by atoms with Gasteiger partial charge < -0.3 is 16.0 Å². The van der Waals surface area contributed by atoms with E-state index in [1.807, 2.05) is 24.3 Å². The molecule has 0 spiro atoms. The first-order chi connectivity index (χ1) is 10.7. The minimum Gasteiger partial charge on any atom is -0.355 e. The van der Waals surface area contributed by atoms with E-state index in [1.54, 1.807) is 0 Å². The van der Waals surface area contributed by atoms with Gasteiger partial charge in [0.2, 0.25) is 11.8 Å². The predicted octanol–water partition coefficient (Wildman–Crippen LogP) is 1.45. The summed E-state index contributed by atoms with van der Waals surface area (Å²) in [6, 6.07) is 8.27. The molecule has 2 amide bonds. The third-order valence-electron chi connectivity index (χ3n) is 4.54. The molecule has 2 aliphatic rings. The summed E-state index contributed by atoms with van der Waals surface area (Å²) >= 11 is 0. The second-order valence-electron chi connectivity index (χ2n) is 6.18. The number of para-hydroxylation sites is 1. The van der Waals surface area contributed by atoms with Gasteiger partial charge in [0.1, 0.15) is 0 Å². The monoisotopic (exact) mass is 301 g/mol. The number of nitrogens with one attached hydrogen (secondary N) is 3. The maximum absolute atomic E-state index is 12.1. The molecule has 1 aromatic rings. The zero-order valence-electron chi connectivity index (χ0n) is 12.7. The quantitative estimate of drug-likeness (QED) is 0.771. The predicted molar refractivity (Wildman–Crippen MR) is 85.5 cm³/mol. The number of fused-ring (bicyclic) bond motifs is 1. The van der Waals surface area contributed by atoms with Crippen molar-refractivity contribution >= 4 is 17.5 Å². The second kappa shape index (κ2) is 6.92. The maximum Gasteiger partial charge on any atom is 0.227 e. The fourth-order valence-electron chi connectivity index (χ4n) is 3.21. The van der Waals surface area contributed by atoms with Gasteiger partial charge in [-0.05, 0) is 43.9 Å². The third-order valence-corrected chi connectivity index (χ3v) is 4.54. The van der Waals surface area contributed by atoms with E-state index in [1.165, 1.54) is 6.42 Å². The molecule has 0 radical (unpaired) electrons. The molecular formula is C17H23N3O2. The Morgan fingerprint density at radius 2 is 2.18 bits per heavy atom. The molecule has 118 valence electrons. The highest BCUT2D eigenvalue weighted by molar-refractivity contribution is 5.96. The number of hydrogen-bond donors (Lipinski definition) is 3. The highest BCUT2D eigenvalue weighted by Crippen LogP contribution is 2.27. The van der Waals surface area contributed by atoms with Crippen molar-refractivity contribution in [2.75, 3.05) is 18.4 Å². The Morgan fingerprint density at radius 3 is 3.00 bits per heavy atom. The van der Waals surface area contributed by atoms with E-state index in [0.717, 1.165) is 30.6 Å². The van der Waals surface area contributed by atoms with Gasteiger partial charge in [0, 0.05) is 30.6 Å². The van der Waals surface area contributed by atoms with Crippen LogP contribution in [-0.2, 0) is 16.0 Å². The first-order valence-corrected chi connectivity index (χ1v) is 8.11. The number of anilines is 1. The number of amides is 2. The van der Waals surface area contributed by atoms with E-state index < -0.39 is 0 Å². The van der Waals surface area contributed by atoms with Crippen LogP contribution in [0.1, 0.15) is 31.2 Å². The third kappa shape index (κ3) is 3.65. The number of hydrogen-bond acceptors (Lipinski definition) is 3. The Labute approximate surface area is 130 Å². The van der Waals surface area contributed by atoms with Crippen LogP contribution in [0.5, 0.6) is 0 Å². The van der Waals surface area contributed by atoms with Crippen molar-refractivity contribution in [1.29, 1.82) is 0 Å². The Balaban J connectivity index is 1.45. The molecule has 1 aromatic carbocycles. The first-order valence-electron chi connectivity index (χ1n) is 8.11. The van der Waals surface area contributed by atoms with E-state index in [9.17, 15) is 9.59 Å². The summed E-state index contributed by atoms with van der Waals surface area (Å²) in [6.07, 6.45) is 4.04. The number of benzene rings is 1. The van der Waals surface area contributed by atoms with Gasteiger partial charge in [-0.2, -0.15) is 0 Å². The normalized spacial score (nSPS) is 23.7. The van der Waals surface area contributed by atoms with Crippen molar-refractivity contribution in [3.63, 3.8) is 0 Å². The van der Waals surface area contributed by atoms with Crippen LogP contribution in [0.15, 0.2) is 24.3 Å². The molecule has 0 aromatic heterocycles. The Morgan fingerprint density at radius 1 is 1.32 bits per heavy atom. The fraction of sp³-hybridized carbons (Fsp3) is 0.529. The van der Waals surface area contributed by atoms with Crippen LogP contribution >= 0.6 is 0 Å². The van der Waals surface area contributed by atoms with Gasteiger partial charge in [0.25, 0.3) is 0 Å². The molecule has 3 N–H and O–H groups in total. The summed E-state index contributed by atoms with van der Waals surface area (Å²) in [7, 11) is 0. The van der Waals surface area contributed by atoms with Gasteiger partial charge in [-0.15, -0.1) is 0 Å². The van der Waals surface area contributed by atoms with Crippen molar-refractivity contribution in [3.8, 4) is 0 Å². The molecule has 5 nitrogen and oxygen atoms in total. The van der Waals surface area contributed by atoms with Gasteiger partial charge in [0.15, 0.2) is 0 Å². The molecule has 3 rings (SSSR count). The van der Waals surface area contributed by atoms with Gasteiger partial charge in [-0.3, -0.25) is 9.59 Å². The largest absolute Gasteiger partial charge is 0.355 e. The Bertz CT molecular complexity index is 553. The molecule has 0 aliphatic carbocycles. The lowest BCUT2D eigenvalue weighted by Crippen LogP contribution is -2.37. The lowest BCUT2D eigenvalue weighted by Gasteiger charge is -2.24. The summed E-state index contributed by atoms with van der Waals surface area (Å²) < 4.78 is 0. The van der Waals surface area contributed by atoms with Gasteiger partial charge in [0.05, 0.1) is 0 Å². The first kappa shape index (κ1) is 15.0. The highest BCUT2D eigenvalue weighted by atomic mass is 16.2. The molecule has 1 fully saturated rings. The second-order valence-corrected chi connectivity index (χ2v) is 6.18. The summed E-state index contributed by atoms with van der Waals surface area (Å²) in [6.45, 7) is 1.74. The number of rotatable bonds is 5. The minimum atomic E-state index is -0.106. The van der Waals surface area contributed by atoms with Gasteiger partial charge in [-0.25, -0.2) is 0 Å². The molecule has 1 saturated heterocycles. The lowest BCUT2D eigenvalue weighted by molar-refractivity contribution is -0.122. The van der Waals surface area contributed by atoms with E-state index in [2.05, 4.69) is 16.0 Å². The van der Waals surface area contributed by atoms with Crippen molar-refractivity contribution in [3.05, 3.63) is 29.8 Å². The summed E-state index contributed by atoms with van der Waals surface area (Å²) in [4.78, 5) is 24.0. The molecule has 22 heavy (non-hydrogen) atoms. The van der Waals surface area contributed by atoms with E-state index >= 15 is 0 Å². The highest BCUT2D eigenvalue weighted by Gasteiger charge is 2.26. The van der Waals surface area contributed by atoms with E-state index in [0.29, 0.717) is 25.4 Å². The smallest absolute Gasteiger partial charge is 0.227 e. The van der Waals surface area contributed by atoms with Gasteiger partial charge >= 0.3 is 0 Å². The van der Waals surface area contributed by atoms with Crippen LogP contribution in [0.3, 0.4) is 0 Å². The topological polar surface area (TPSA) is 70.2 Å². The van der Waals surface area contributed by atoms with Crippen LogP contribution in [0.25, 0.3) is 0 Å². The standard InChI is InChI=1S/C17H23N3O2/c21-16(19-11-14-5-3-9-18-14)8-7-13-10-12-4-1-2-6-15(12)20-17(13)22/h1-2,4,6,13-14,18H,3,5,7-11H2,(H,19,21)(H,20,22). The fourth-order valence-corrected chi connectivity index (χ4v) is 3.21. The average molecular weight is 301 g/mol. The molecule has 2 aliphatic heterocycles. The number of carbonyl (C=O) groups excluding carboxylic acids is 2. The summed E-state index contributed by atoms with van der Waals surface area (Å²) in [5.41, 5.74) is 2.06. The average Bonchev–Trinajstić information content (AvgIpc) is 3.04. The molecular weight excluding hydrogens is 278 g/mol. The number of carbonyl (C=O) groups is 2. The lowest BCUT2D eigenvalue weighted by atomic mass is 9.89. The van der Waals surface area contributed by atoms with Crippen LogP contribution in [0, 0.1) is 5.92 Å². The maximum atomic E-state index is 12.1. The van der Waals surface area contributed by atoms with E-state index in [-0.39, 0.29) is 17.7 Å². The van der Waals surface area contributed by atoms with Crippen LogP contribution in [-0.4, -0.2) is 30.9 Å². The summed E-state index contributed by atoms with van der Waals surface area (Å²) in [5, 5.41) is 9.25. The van der Waals surface area contributed by atoms with Crippen molar-refractivity contribution in [2.24, 2.45) is 5.92 Å². The Hall–Kier alpha value is -1.88. The van der Waals surface area contributed by atoms with Crippen LogP contribution in [0.2, 0.25) is 0 Å². The van der Waals surface area contributed by atoms with Gasteiger partial charge in [-0.1, -0.05) is 18.2 Å². The van der Waals surface area contributed by atoms with Crippen molar-refractivity contribution in [2.45, 2.75) is 38.1 Å². The SMILES string of the molecule is O=C(CCC1Cc2ccccc2NC1=O)NCC1CCCN1. The minimum absolute atomic E-state index is 0.0314. The molecule has 5 heteroatoms. The molecule has 2 heterocycles. The van der Waals surface area contributed by atoms with E-state index in [4.69, 9.17) is 0 Å². The zero-order valence-corrected chi connectivity index (χ0v) is 12.7. The summed E-state index contributed by atoms with van der Waals surface area (Å²) in [5.74, 6) is -0.0328. The molecule has 2 unspecified atom stereocenters. The molecule has 2 atom stereocenters. The van der Waals surface area contributed by atoms with Crippen molar-refractivity contribution in [1.82, 2.24) is 10.6 Å². The zero-order chi connectivity index (χ0) is 15.4. The van der Waals surface area contributed by atoms with Crippen LogP contribution < -0.4 is 16.0 Å².